The summed E-state index contributed by atoms with van der Waals surface area (Å²) in [7, 11) is 0. The smallest absolute Gasteiger partial charge is 0.177 e. The molecule has 1 unspecified atom stereocenters. The van der Waals surface area contributed by atoms with Gasteiger partial charge < -0.3 is 14.4 Å². The largest absolute Gasteiger partial charge is 0.377 e. The van der Waals surface area contributed by atoms with Gasteiger partial charge in [0.2, 0.25) is 0 Å². The molecular formula is C19H22N6O2. The molecule has 1 spiro atoms. The Hall–Kier alpha value is -2.58. The Kier molecular flexibility index (Phi) is 4.21. The number of hydrogen-bond donors (Lipinski definition) is 0. The number of nitrogens with zero attached hydrogens (tertiary/aromatic N) is 6. The van der Waals surface area contributed by atoms with Gasteiger partial charge in [0.05, 0.1) is 19.7 Å². The summed E-state index contributed by atoms with van der Waals surface area (Å²) in [6.07, 6.45) is 7.38. The highest BCUT2D eigenvalue weighted by Gasteiger charge is 2.53. The molecule has 1 atom stereocenters. The quantitative estimate of drug-likeness (QED) is 0.615. The van der Waals surface area contributed by atoms with E-state index in [-0.39, 0.29) is 5.60 Å². The number of aromatic nitrogens is 5. The number of fused-ring (bicyclic) bond motifs is 1. The molecule has 0 bridgehead atoms. The van der Waals surface area contributed by atoms with Crippen molar-refractivity contribution in [1.82, 2.24) is 24.8 Å². The molecule has 0 aliphatic carbocycles. The minimum Gasteiger partial charge on any atom is -0.377 e. The third kappa shape index (κ3) is 3.15. The molecule has 5 rings (SSSR count). The van der Waals surface area contributed by atoms with Gasteiger partial charge in [-0.25, -0.2) is 0 Å². The lowest BCUT2D eigenvalue weighted by atomic mass is 9.79. The Morgan fingerprint density at radius 2 is 2.22 bits per heavy atom. The first-order chi connectivity index (χ1) is 13.3. The van der Waals surface area contributed by atoms with E-state index in [1.165, 1.54) is 0 Å². The lowest BCUT2D eigenvalue weighted by Gasteiger charge is -2.50. The molecule has 3 aromatic rings. The van der Waals surface area contributed by atoms with Crippen LogP contribution in [0, 0.1) is 5.92 Å². The third-order valence-corrected chi connectivity index (χ3v) is 5.59. The van der Waals surface area contributed by atoms with Gasteiger partial charge in [-0.3, -0.25) is 4.98 Å². The zero-order valence-electron chi connectivity index (χ0n) is 15.1. The summed E-state index contributed by atoms with van der Waals surface area (Å²) in [6, 6.07) is 7.92. The summed E-state index contributed by atoms with van der Waals surface area (Å²) in [5.41, 5.74) is 1.82. The topological polar surface area (TPSA) is 77.7 Å². The highest BCUT2D eigenvalue weighted by molar-refractivity contribution is 5.48. The van der Waals surface area contributed by atoms with Crippen LogP contribution in [0.3, 0.4) is 0 Å². The number of ether oxygens (including phenoxy) is 2. The minimum absolute atomic E-state index is 0.0541. The average Bonchev–Trinajstić information content (AvgIpc) is 3.31. The van der Waals surface area contributed by atoms with Crippen LogP contribution in [0.4, 0.5) is 5.82 Å². The van der Waals surface area contributed by atoms with E-state index in [1.807, 2.05) is 30.5 Å². The molecule has 2 aliphatic heterocycles. The summed E-state index contributed by atoms with van der Waals surface area (Å²) in [6.45, 7) is 3.94. The van der Waals surface area contributed by atoms with Gasteiger partial charge in [-0.15, -0.1) is 15.3 Å². The molecule has 5 heterocycles. The zero-order valence-corrected chi connectivity index (χ0v) is 15.1. The van der Waals surface area contributed by atoms with E-state index in [2.05, 4.69) is 25.2 Å². The van der Waals surface area contributed by atoms with Gasteiger partial charge >= 0.3 is 0 Å². The van der Waals surface area contributed by atoms with Crippen LogP contribution in [-0.4, -0.2) is 56.7 Å². The molecule has 8 nitrogen and oxygen atoms in total. The second-order valence-corrected chi connectivity index (χ2v) is 7.28. The monoisotopic (exact) mass is 366 g/mol. The van der Waals surface area contributed by atoms with Gasteiger partial charge in [0.15, 0.2) is 5.65 Å². The number of rotatable bonds is 6. The van der Waals surface area contributed by atoms with Gasteiger partial charge in [-0.1, -0.05) is 6.07 Å². The van der Waals surface area contributed by atoms with Crippen molar-refractivity contribution >= 4 is 11.5 Å². The van der Waals surface area contributed by atoms with Crippen LogP contribution < -0.4 is 4.90 Å². The Morgan fingerprint density at radius 3 is 3.11 bits per heavy atom. The van der Waals surface area contributed by atoms with Crippen molar-refractivity contribution < 1.29 is 9.47 Å². The predicted molar refractivity (Wildman–Crippen MR) is 98.3 cm³/mol. The summed E-state index contributed by atoms with van der Waals surface area (Å²) in [4.78, 5) is 6.38. The number of pyridine rings is 1. The van der Waals surface area contributed by atoms with Crippen LogP contribution in [0.15, 0.2) is 43.0 Å². The molecule has 8 heteroatoms. The Bertz CT molecular complexity index is 909. The molecule has 140 valence electrons. The first-order valence-corrected chi connectivity index (χ1v) is 9.35. The van der Waals surface area contributed by atoms with Crippen LogP contribution in [0.25, 0.3) is 5.65 Å². The van der Waals surface area contributed by atoms with E-state index in [9.17, 15) is 0 Å². The highest BCUT2D eigenvalue weighted by atomic mass is 16.5. The van der Waals surface area contributed by atoms with Crippen LogP contribution in [0.5, 0.6) is 0 Å². The van der Waals surface area contributed by atoms with Gasteiger partial charge in [-0.2, -0.15) is 4.52 Å². The van der Waals surface area contributed by atoms with Gasteiger partial charge in [0.25, 0.3) is 0 Å². The second kappa shape index (κ2) is 6.86. The maximum absolute atomic E-state index is 6.16. The summed E-state index contributed by atoms with van der Waals surface area (Å²) >= 11 is 0. The molecule has 27 heavy (non-hydrogen) atoms. The van der Waals surface area contributed by atoms with Crippen molar-refractivity contribution in [2.45, 2.75) is 25.0 Å². The van der Waals surface area contributed by atoms with Crippen molar-refractivity contribution in [3.8, 4) is 0 Å². The van der Waals surface area contributed by atoms with Crippen LogP contribution in [0.2, 0.25) is 0 Å². The summed E-state index contributed by atoms with van der Waals surface area (Å²) < 4.78 is 13.7. The van der Waals surface area contributed by atoms with E-state index in [0.717, 1.165) is 56.2 Å². The molecule has 3 aromatic heterocycles. The minimum atomic E-state index is -0.0541. The fourth-order valence-electron chi connectivity index (χ4n) is 4.09. The number of anilines is 1. The van der Waals surface area contributed by atoms with Crippen LogP contribution in [-0.2, 0) is 16.1 Å². The Morgan fingerprint density at radius 1 is 1.26 bits per heavy atom. The molecule has 0 radical (unpaired) electrons. The molecular weight excluding hydrogens is 344 g/mol. The van der Waals surface area contributed by atoms with Gasteiger partial charge in [-0.05, 0) is 42.5 Å². The highest BCUT2D eigenvalue weighted by Crippen LogP contribution is 2.42. The van der Waals surface area contributed by atoms with E-state index in [0.29, 0.717) is 12.5 Å². The standard InChI is InChI=1S/C19H22N6O2/c1-2-15(10-20-7-1)11-26-8-5-16-6-9-27-19(16)12-24(13-19)18-4-3-17-22-21-14-25(17)23-18/h1-4,7,10,14,16H,5-6,8-9,11-13H2. The molecule has 0 aromatic carbocycles. The van der Waals surface area contributed by atoms with Gasteiger partial charge in [0, 0.05) is 25.6 Å². The van der Waals surface area contributed by atoms with E-state index in [4.69, 9.17) is 9.47 Å². The zero-order chi connectivity index (χ0) is 18.1. The fourth-order valence-corrected chi connectivity index (χ4v) is 4.09. The molecule has 0 saturated carbocycles. The van der Waals surface area contributed by atoms with E-state index < -0.39 is 0 Å². The van der Waals surface area contributed by atoms with Crippen LogP contribution >= 0.6 is 0 Å². The van der Waals surface area contributed by atoms with E-state index >= 15 is 0 Å². The fraction of sp³-hybridized carbons (Fsp3) is 0.474. The second-order valence-electron chi connectivity index (χ2n) is 7.28. The first kappa shape index (κ1) is 16.6. The SMILES string of the molecule is c1cncc(COCCC2CCOC23CN(c2ccc4nncn4n2)C3)c1. The maximum atomic E-state index is 6.16. The van der Waals surface area contributed by atoms with Gasteiger partial charge in [0.1, 0.15) is 17.7 Å². The van der Waals surface area contributed by atoms with Crippen LogP contribution in [0.1, 0.15) is 18.4 Å². The Balaban J connectivity index is 1.16. The van der Waals surface area contributed by atoms with Crippen molar-refractivity contribution in [3.05, 3.63) is 48.5 Å². The Labute approximate surface area is 157 Å². The van der Waals surface area contributed by atoms with Crippen molar-refractivity contribution in [3.63, 3.8) is 0 Å². The number of hydrogen-bond acceptors (Lipinski definition) is 7. The lowest BCUT2D eigenvalue weighted by molar-refractivity contribution is -0.0512. The molecule has 0 amide bonds. The first-order valence-electron chi connectivity index (χ1n) is 9.35. The summed E-state index contributed by atoms with van der Waals surface area (Å²) in [5.74, 6) is 1.47. The average molecular weight is 366 g/mol. The third-order valence-electron chi connectivity index (χ3n) is 5.59. The predicted octanol–water partition coefficient (Wildman–Crippen LogP) is 1.72. The van der Waals surface area contributed by atoms with Crippen molar-refractivity contribution in [1.29, 1.82) is 0 Å². The van der Waals surface area contributed by atoms with Crippen molar-refractivity contribution in [2.24, 2.45) is 5.92 Å². The molecule has 0 N–H and O–H groups in total. The molecule has 2 saturated heterocycles. The molecule has 2 aliphatic rings. The maximum Gasteiger partial charge on any atom is 0.177 e. The van der Waals surface area contributed by atoms with E-state index in [1.54, 1.807) is 17.0 Å². The molecule has 2 fully saturated rings. The lowest BCUT2D eigenvalue weighted by Crippen LogP contribution is -2.65. The normalized spacial score (nSPS) is 21.0. The van der Waals surface area contributed by atoms with Crippen molar-refractivity contribution in [2.75, 3.05) is 31.2 Å². The summed E-state index contributed by atoms with van der Waals surface area (Å²) in [5, 5.41) is 12.5.